The first kappa shape index (κ1) is 20.6. The van der Waals surface area contributed by atoms with Crippen molar-refractivity contribution in [1.82, 2.24) is 9.21 Å². The predicted molar refractivity (Wildman–Crippen MR) is 113 cm³/mol. The number of aryl methyl sites for hydroxylation is 1. The number of carbonyl (C=O) groups is 1. The van der Waals surface area contributed by atoms with Crippen LogP contribution in [0.3, 0.4) is 0 Å². The Hall–Kier alpha value is -2.62. The van der Waals surface area contributed by atoms with Gasteiger partial charge in [0, 0.05) is 37.4 Å². The molecule has 1 fully saturated rings. The van der Waals surface area contributed by atoms with Crippen molar-refractivity contribution in [2.75, 3.05) is 51.8 Å². The molecule has 160 valence electrons. The molecule has 1 N–H and O–H groups in total. The number of fused-ring (bicyclic) bond motifs is 1. The summed E-state index contributed by atoms with van der Waals surface area (Å²) in [4.78, 5) is 15.0. The average Bonchev–Trinajstić information content (AvgIpc) is 2.75. The number of nitrogens with one attached hydrogen (secondary N) is 1. The molecule has 1 saturated heterocycles. The highest BCUT2D eigenvalue weighted by molar-refractivity contribution is 7.89. The predicted octanol–water partition coefficient (Wildman–Crippen LogP) is 1.95. The van der Waals surface area contributed by atoms with Crippen molar-refractivity contribution in [2.24, 2.45) is 0 Å². The molecule has 8 nitrogen and oxygen atoms in total. The van der Waals surface area contributed by atoms with Crippen molar-refractivity contribution in [3.63, 3.8) is 0 Å². The number of rotatable bonds is 4. The van der Waals surface area contributed by atoms with Gasteiger partial charge in [-0.3, -0.25) is 4.79 Å². The van der Waals surface area contributed by atoms with Gasteiger partial charge in [-0.2, -0.15) is 4.31 Å². The summed E-state index contributed by atoms with van der Waals surface area (Å²) in [7, 11) is -1.66. The summed E-state index contributed by atoms with van der Waals surface area (Å²) in [5.74, 6) is 0.781. The third-order valence-electron chi connectivity index (χ3n) is 5.33. The molecule has 0 atom stereocenters. The van der Waals surface area contributed by atoms with Gasteiger partial charge in [0.15, 0.2) is 11.5 Å². The summed E-state index contributed by atoms with van der Waals surface area (Å²) in [6, 6.07) is 9.91. The Morgan fingerprint density at radius 1 is 0.967 bits per heavy atom. The second-order valence-electron chi connectivity index (χ2n) is 7.50. The van der Waals surface area contributed by atoms with Crippen LogP contribution in [-0.2, 0) is 10.0 Å². The van der Waals surface area contributed by atoms with E-state index in [0.29, 0.717) is 67.7 Å². The van der Waals surface area contributed by atoms with Crippen LogP contribution in [0.4, 0.5) is 5.69 Å². The van der Waals surface area contributed by atoms with Crippen molar-refractivity contribution in [3.05, 3.63) is 47.5 Å². The fourth-order valence-corrected chi connectivity index (χ4v) is 5.18. The topological polar surface area (TPSA) is 88.2 Å². The lowest BCUT2D eigenvalue weighted by atomic mass is 10.1. The van der Waals surface area contributed by atoms with Crippen LogP contribution in [0, 0.1) is 6.92 Å². The lowest BCUT2D eigenvalue weighted by Gasteiger charge is -2.32. The van der Waals surface area contributed by atoms with Crippen molar-refractivity contribution in [2.45, 2.75) is 11.8 Å². The Morgan fingerprint density at radius 3 is 2.40 bits per heavy atom. The molecule has 9 heteroatoms. The molecule has 2 heterocycles. The van der Waals surface area contributed by atoms with Crippen LogP contribution < -0.4 is 14.8 Å². The first-order chi connectivity index (χ1) is 14.3. The second-order valence-corrected chi connectivity index (χ2v) is 9.41. The number of sulfonamides is 1. The van der Waals surface area contributed by atoms with E-state index in [-0.39, 0.29) is 10.8 Å². The first-order valence-corrected chi connectivity index (χ1v) is 11.3. The molecule has 0 unspecified atom stereocenters. The number of hydrogen-bond donors (Lipinski definition) is 1. The standard InChI is InChI=1S/C21H25N3O5S/c1-15-3-5-17(14-20(15)30(26,27)24-9-7-23(2)8-10-24)22-21(25)16-4-6-18-19(13-16)29-12-11-28-18/h3-6,13-14H,7-12H2,1-2H3,(H,22,25). The maximum Gasteiger partial charge on any atom is 0.255 e. The molecule has 4 rings (SSSR count). The van der Waals surface area contributed by atoms with E-state index in [4.69, 9.17) is 9.47 Å². The van der Waals surface area contributed by atoms with Crippen molar-refractivity contribution in [1.29, 1.82) is 0 Å². The molecule has 2 aliphatic rings. The number of piperazine rings is 1. The van der Waals surface area contributed by atoms with E-state index < -0.39 is 10.0 Å². The summed E-state index contributed by atoms with van der Waals surface area (Å²) in [5, 5.41) is 2.79. The lowest BCUT2D eigenvalue weighted by Crippen LogP contribution is -2.47. The Bertz CT molecular complexity index is 1060. The number of hydrogen-bond acceptors (Lipinski definition) is 6. The molecule has 1 amide bonds. The Labute approximate surface area is 176 Å². The van der Waals surface area contributed by atoms with E-state index >= 15 is 0 Å². The number of likely N-dealkylation sites (N-methyl/N-ethyl adjacent to an activating group) is 1. The number of ether oxygens (including phenoxy) is 2. The summed E-state index contributed by atoms with van der Waals surface area (Å²) < 4.78 is 38.8. The quantitative estimate of drug-likeness (QED) is 0.796. The zero-order chi connectivity index (χ0) is 21.3. The van der Waals surface area contributed by atoms with Crippen molar-refractivity contribution in [3.8, 4) is 11.5 Å². The minimum Gasteiger partial charge on any atom is -0.486 e. The summed E-state index contributed by atoms with van der Waals surface area (Å²) >= 11 is 0. The molecule has 0 aliphatic carbocycles. The fraction of sp³-hybridized carbons (Fsp3) is 0.381. The first-order valence-electron chi connectivity index (χ1n) is 9.85. The average molecular weight is 432 g/mol. The highest BCUT2D eigenvalue weighted by Gasteiger charge is 2.29. The fourth-order valence-electron chi connectivity index (χ4n) is 3.51. The third-order valence-corrected chi connectivity index (χ3v) is 7.37. The lowest BCUT2D eigenvalue weighted by molar-refractivity contribution is 0.102. The van der Waals surface area contributed by atoms with Crippen molar-refractivity contribution >= 4 is 21.6 Å². The zero-order valence-electron chi connectivity index (χ0n) is 17.1. The zero-order valence-corrected chi connectivity index (χ0v) is 17.9. The van der Waals surface area contributed by atoms with Crippen LogP contribution in [0.2, 0.25) is 0 Å². The van der Waals surface area contributed by atoms with Crippen LogP contribution >= 0.6 is 0 Å². The van der Waals surface area contributed by atoms with E-state index in [1.165, 1.54) is 10.4 Å². The van der Waals surface area contributed by atoms with Gasteiger partial charge in [0.05, 0.1) is 4.90 Å². The minimum absolute atomic E-state index is 0.215. The largest absolute Gasteiger partial charge is 0.486 e. The summed E-state index contributed by atoms with van der Waals surface area (Å²) in [6.45, 7) is 4.96. The SMILES string of the molecule is Cc1ccc(NC(=O)c2ccc3c(c2)OCCO3)cc1S(=O)(=O)N1CCN(C)CC1. The van der Waals surface area contributed by atoms with E-state index in [1.54, 1.807) is 37.3 Å². The van der Waals surface area contributed by atoms with E-state index in [2.05, 4.69) is 10.2 Å². The van der Waals surface area contributed by atoms with Gasteiger partial charge in [0.25, 0.3) is 5.91 Å². The monoisotopic (exact) mass is 431 g/mol. The van der Waals surface area contributed by atoms with Crippen molar-refractivity contribution < 1.29 is 22.7 Å². The maximum atomic E-state index is 13.1. The van der Waals surface area contributed by atoms with Gasteiger partial charge < -0.3 is 19.7 Å². The Kier molecular flexibility index (Phi) is 5.68. The van der Waals surface area contributed by atoms with Gasteiger partial charge in [0.2, 0.25) is 10.0 Å². The molecule has 0 bridgehead atoms. The Morgan fingerprint density at radius 2 is 1.67 bits per heavy atom. The molecule has 0 spiro atoms. The van der Waals surface area contributed by atoms with Gasteiger partial charge in [-0.05, 0) is 49.9 Å². The molecule has 0 radical (unpaired) electrons. The minimum atomic E-state index is -3.63. The van der Waals surface area contributed by atoms with Gasteiger partial charge in [-0.1, -0.05) is 6.07 Å². The van der Waals surface area contributed by atoms with Crippen LogP contribution in [-0.4, -0.2) is 70.0 Å². The normalized spacial score (nSPS) is 17.5. The maximum absolute atomic E-state index is 13.1. The smallest absolute Gasteiger partial charge is 0.255 e. The molecule has 2 aliphatic heterocycles. The number of benzene rings is 2. The number of nitrogens with zero attached hydrogens (tertiary/aromatic N) is 2. The molecular formula is C21H25N3O5S. The van der Waals surface area contributed by atoms with Gasteiger partial charge in [0.1, 0.15) is 13.2 Å². The van der Waals surface area contributed by atoms with Gasteiger partial charge >= 0.3 is 0 Å². The second kappa shape index (κ2) is 8.25. The molecule has 30 heavy (non-hydrogen) atoms. The highest BCUT2D eigenvalue weighted by Crippen LogP contribution is 2.31. The molecule has 0 aromatic heterocycles. The molecular weight excluding hydrogens is 406 g/mol. The molecule has 2 aromatic carbocycles. The number of anilines is 1. The molecule has 2 aromatic rings. The van der Waals surface area contributed by atoms with E-state index in [1.807, 2.05) is 7.05 Å². The summed E-state index contributed by atoms with van der Waals surface area (Å²) in [6.07, 6.45) is 0. The van der Waals surface area contributed by atoms with E-state index in [9.17, 15) is 13.2 Å². The van der Waals surface area contributed by atoms with Crippen LogP contribution in [0.25, 0.3) is 0 Å². The van der Waals surface area contributed by atoms with Crippen LogP contribution in [0.5, 0.6) is 11.5 Å². The van der Waals surface area contributed by atoms with Crippen LogP contribution in [0.15, 0.2) is 41.3 Å². The highest BCUT2D eigenvalue weighted by atomic mass is 32.2. The van der Waals surface area contributed by atoms with Gasteiger partial charge in [-0.25, -0.2) is 8.42 Å². The number of carbonyl (C=O) groups excluding carboxylic acids is 1. The number of amides is 1. The van der Waals surface area contributed by atoms with Crippen LogP contribution in [0.1, 0.15) is 15.9 Å². The third kappa shape index (κ3) is 4.14. The summed E-state index contributed by atoms with van der Waals surface area (Å²) in [5.41, 5.74) is 1.47. The Balaban J connectivity index is 1.55. The van der Waals surface area contributed by atoms with E-state index in [0.717, 1.165) is 0 Å². The molecule has 0 saturated carbocycles. The van der Waals surface area contributed by atoms with Gasteiger partial charge in [-0.15, -0.1) is 0 Å².